The smallest absolute Gasteiger partial charge is 0.261 e. The van der Waals surface area contributed by atoms with Crippen LogP contribution < -0.4 is 16.2 Å². The third-order valence-electron chi connectivity index (χ3n) is 4.68. The van der Waals surface area contributed by atoms with Crippen LogP contribution in [0.2, 0.25) is 0 Å². The lowest BCUT2D eigenvalue weighted by molar-refractivity contribution is 0.171. The average molecular weight is 352 g/mol. The molecule has 0 bridgehead atoms. The number of aliphatic hydroxyl groups is 1. The maximum absolute atomic E-state index is 12.7. The molecule has 0 aliphatic heterocycles. The fourth-order valence-electron chi connectivity index (χ4n) is 3.30. The molecule has 1 aliphatic rings. The van der Waals surface area contributed by atoms with Gasteiger partial charge >= 0.3 is 0 Å². The minimum absolute atomic E-state index is 0.109. The van der Waals surface area contributed by atoms with Crippen molar-refractivity contribution >= 4 is 28.2 Å². The van der Waals surface area contributed by atoms with E-state index in [-0.39, 0.29) is 11.6 Å². The minimum atomic E-state index is -0.434. The molecule has 1 aliphatic carbocycles. The number of aliphatic hydroxyl groups excluding tert-OH is 1. The summed E-state index contributed by atoms with van der Waals surface area (Å²) < 4.78 is 1.52. The van der Waals surface area contributed by atoms with Crippen molar-refractivity contribution < 1.29 is 5.11 Å². The van der Waals surface area contributed by atoms with Crippen LogP contribution in [-0.2, 0) is 7.05 Å². The van der Waals surface area contributed by atoms with E-state index in [1.807, 2.05) is 12.1 Å². The van der Waals surface area contributed by atoms with E-state index in [4.69, 9.17) is 0 Å². The van der Waals surface area contributed by atoms with Crippen molar-refractivity contribution in [2.75, 3.05) is 10.6 Å². The molecule has 8 heteroatoms. The van der Waals surface area contributed by atoms with Crippen molar-refractivity contribution in [3.63, 3.8) is 0 Å². The van der Waals surface area contributed by atoms with Gasteiger partial charge in [0.2, 0.25) is 0 Å². The lowest BCUT2D eigenvalue weighted by Gasteiger charge is -2.19. The summed E-state index contributed by atoms with van der Waals surface area (Å²) in [5.41, 5.74) is -0.129. The SMILES string of the molecule is Cn1ccc2cc(Nc3cnccn3)nc(NC3CCCC3O)c2c1=O. The number of fused-ring (bicyclic) bond motifs is 1. The summed E-state index contributed by atoms with van der Waals surface area (Å²) in [5, 5.41) is 17.8. The molecule has 2 unspecified atom stereocenters. The van der Waals surface area contributed by atoms with Crippen molar-refractivity contribution in [3.05, 3.63) is 47.3 Å². The van der Waals surface area contributed by atoms with Crippen LogP contribution in [0.4, 0.5) is 17.5 Å². The number of rotatable bonds is 4. The Labute approximate surface area is 149 Å². The van der Waals surface area contributed by atoms with E-state index in [9.17, 15) is 9.90 Å². The Balaban J connectivity index is 1.80. The van der Waals surface area contributed by atoms with Crippen molar-refractivity contribution in [1.82, 2.24) is 19.5 Å². The van der Waals surface area contributed by atoms with Gasteiger partial charge in [0.05, 0.1) is 23.7 Å². The molecule has 0 spiro atoms. The van der Waals surface area contributed by atoms with Gasteiger partial charge in [-0.2, -0.15) is 0 Å². The molecule has 0 aromatic carbocycles. The number of nitrogens with zero attached hydrogens (tertiary/aromatic N) is 4. The molecule has 3 N–H and O–H groups in total. The topological polar surface area (TPSA) is 105 Å². The first kappa shape index (κ1) is 16.5. The zero-order valence-corrected chi connectivity index (χ0v) is 14.4. The second-order valence-electron chi connectivity index (χ2n) is 6.52. The fourth-order valence-corrected chi connectivity index (χ4v) is 3.30. The summed E-state index contributed by atoms with van der Waals surface area (Å²) >= 11 is 0. The van der Waals surface area contributed by atoms with Crippen LogP contribution in [0, 0.1) is 0 Å². The van der Waals surface area contributed by atoms with Gasteiger partial charge in [-0.05, 0) is 36.8 Å². The lowest BCUT2D eigenvalue weighted by atomic mass is 10.1. The summed E-state index contributed by atoms with van der Waals surface area (Å²) in [6, 6.07) is 3.57. The predicted octanol–water partition coefficient (Wildman–Crippen LogP) is 1.79. The maximum Gasteiger partial charge on any atom is 0.261 e. The van der Waals surface area contributed by atoms with Gasteiger partial charge in [0, 0.05) is 25.6 Å². The van der Waals surface area contributed by atoms with Crippen molar-refractivity contribution in [2.45, 2.75) is 31.4 Å². The van der Waals surface area contributed by atoms with E-state index in [1.54, 1.807) is 31.8 Å². The van der Waals surface area contributed by atoms with Gasteiger partial charge in [-0.1, -0.05) is 0 Å². The Kier molecular flexibility index (Phi) is 4.26. The monoisotopic (exact) mass is 352 g/mol. The van der Waals surface area contributed by atoms with Crippen LogP contribution >= 0.6 is 0 Å². The van der Waals surface area contributed by atoms with Crippen LogP contribution in [0.1, 0.15) is 19.3 Å². The van der Waals surface area contributed by atoms with Crippen molar-refractivity contribution in [2.24, 2.45) is 7.05 Å². The molecule has 8 nitrogen and oxygen atoms in total. The molecule has 1 saturated carbocycles. The van der Waals surface area contributed by atoms with Crippen LogP contribution in [0.15, 0.2) is 41.7 Å². The molecule has 1 fully saturated rings. The molecular formula is C18H20N6O2. The average Bonchev–Trinajstić information content (AvgIpc) is 3.04. The normalized spacial score (nSPS) is 19.6. The molecule has 0 saturated heterocycles. The van der Waals surface area contributed by atoms with E-state index in [2.05, 4.69) is 25.6 Å². The summed E-state index contributed by atoms with van der Waals surface area (Å²) in [4.78, 5) is 25.5. The first-order valence-corrected chi connectivity index (χ1v) is 8.60. The Hall–Kier alpha value is -3.00. The number of nitrogens with one attached hydrogen (secondary N) is 2. The van der Waals surface area contributed by atoms with Crippen molar-refractivity contribution in [3.8, 4) is 0 Å². The van der Waals surface area contributed by atoms with Crippen LogP contribution in [-0.4, -0.2) is 36.8 Å². The fraction of sp³-hybridized carbons (Fsp3) is 0.333. The first-order chi connectivity index (χ1) is 12.6. The zero-order valence-electron chi connectivity index (χ0n) is 14.4. The highest BCUT2D eigenvalue weighted by Gasteiger charge is 2.26. The van der Waals surface area contributed by atoms with E-state index >= 15 is 0 Å². The molecular weight excluding hydrogens is 332 g/mol. The van der Waals surface area contributed by atoms with Crippen LogP contribution in [0.25, 0.3) is 10.8 Å². The molecule has 134 valence electrons. The third kappa shape index (κ3) is 3.11. The third-order valence-corrected chi connectivity index (χ3v) is 4.68. The van der Waals surface area contributed by atoms with Gasteiger partial charge in [-0.3, -0.25) is 9.78 Å². The van der Waals surface area contributed by atoms with Crippen LogP contribution in [0.3, 0.4) is 0 Å². The number of aromatic nitrogens is 4. The van der Waals surface area contributed by atoms with E-state index in [1.165, 1.54) is 4.57 Å². The van der Waals surface area contributed by atoms with Crippen LogP contribution in [0.5, 0.6) is 0 Å². The Morgan fingerprint density at radius 3 is 2.88 bits per heavy atom. The molecule has 26 heavy (non-hydrogen) atoms. The van der Waals surface area contributed by atoms with E-state index in [0.29, 0.717) is 22.8 Å². The highest BCUT2D eigenvalue weighted by molar-refractivity contribution is 5.93. The minimum Gasteiger partial charge on any atom is -0.391 e. The van der Waals surface area contributed by atoms with E-state index < -0.39 is 6.10 Å². The quantitative estimate of drug-likeness (QED) is 0.657. The van der Waals surface area contributed by atoms with Crippen molar-refractivity contribution in [1.29, 1.82) is 0 Å². The predicted molar refractivity (Wildman–Crippen MR) is 99.6 cm³/mol. The van der Waals surface area contributed by atoms with Gasteiger partial charge in [-0.25, -0.2) is 9.97 Å². The molecule has 3 heterocycles. The Bertz CT molecular complexity index is 988. The molecule has 0 radical (unpaired) electrons. The maximum atomic E-state index is 12.7. The second-order valence-corrected chi connectivity index (χ2v) is 6.52. The first-order valence-electron chi connectivity index (χ1n) is 8.60. The van der Waals surface area contributed by atoms with E-state index in [0.717, 1.165) is 24.6 Å². The summed E-state index contributed by atoms with van der Waals surface area (Å²) in [6.07, 6.45) is 8.63. The molecule has 0 amide bonds. The van der Waals surface area contributed by atoms with Gasteiger partial charge in [0.1, 0.15) is 17.5 Å². The van der Waals surface area contributed by atoms with Gasteiger partial charge < -0.3 is 20.3 Å². The summed E-state index contributed by atoms with van der Waals surface area (Å²) in [6.45, 7) is 0. The highest BCUT2D eigenvalue weighted by atomic mass is 16.3. The number of hydrogen-bond acceptors (Lipinski definition) is 7. The number of aryl methyl sites for hydroxylation is 1. The largest absolute Gasteiger partial charge is 0.391 e. The number of hydrogen-bond donors (Lipinski definition) is 3. The Morgan fingerprint density at radius 2 is 2.15 bits per heavy atom. The van der Waals surface area contributed by atoms with Gasteiger partial charge in [0.15, 0.2) is 0 Å². The number of pyridine rings is 2. The Morgan fingerprint density at radius 1 is 1.27 bits per heavy atom. The van der Waals surface area contributed by atoms with Gasteiger partial charge in [0.25, 0.3) is 5.56 Å². The molecule has 2 atom stereocenters. The molecule has 4 rings (SSSR count). The second kappa shape index (κ2) is 6.72. The lowest BCUT2D eigenvalue weighted by Crippen LogP contribution is -2.29. The molecule has 3 aromatic rings. The molecule has 3 aromatic heterocycles. The van der Waals surface area contributed by atoms with Gasteiger partial charge in [-0.15, -0.1) is 0 Å². The highest BCUT2D eigenvalue weighted by Crippen LogP contribution is 2.27. The number of anilines is 3. The summed E-state index contributed by atoms with van der Waals surface area (Å²) in [7, 11) is 1.71. The standard InChI is InChI=1S/C18H20N6O2/c1-24-8-5-11-9-14(22-15-10-19-6-7-20-15)23-17(16(11)18(24)26)21-12-3-2-4-13(12)25/h5-10,12-13,25H,2-4H2,1H3,(H2,20,21,22,23). The zero-order chi connectivity index (χ0) is 18.1. The summed E-state index contributed by atoms with van der Waals surface area (Å²) in [5.74, 6) is 1.59.